The van der Waals surface area contributed by atoms with Gasteiger partial charge in [0.15, 0.2) is 5.76 Å². The summed E-state index contributed by atoms with van der Waals surface area (Å²) in [4.78, 5) is 43.4. The third-order valence-electron chi connectivity index (χ3n) is 6.16. The lowest BCUT2D eigenvalue weighted by Crippen LogP contribution is -2.44. The molecule has 1 aromatic carbocycles. The zero-order chi connectivity index (χ0) is 23.2. The average molecular weight is 454 g/mol. The Labute approximate surface area is 193 Å². The van der Waals surface area contributed by atoms with E-state index in [0.29, 0.717) is 37.2 Å². The van der Waals surface area contributed by atoms with Gasteiger partial charge in [-0.05, 0) is 50.2 Å². The molecule has 0 atom stereocenters. The maximum atomic E-state index is 12.8. The Bertz CT molecular complexity index is 983. The molecular formula is C24H31N5O4. The van der Waals surface area contributed by atoms with Crippen molar-refractivity contribution in [3.63, 3.8) is 0 Å². The SMILES string of the molecule is CN1CCN(c2ccc(C(=O)NCCCN3CCCC3=O)cc2NC(=O)c2ccco2)CC1. The summed E-state index contributed by atoms with van der Waals surface area (Å²) >= 11 is 0. The second-order valence-electron chi connectivity index (χ2n) is 8.55. The Morgan fingerprint density at radius 1 is 1.06 bits per heavy atom. The fraction of sp³-hybridized carbons (Fsp3) is 0.458. The normalized spacial score (nSPS) is 16.8. The molecule has 33 heavy (non-hydrogen) atoms. The molecule has 2 saturated heterocycles. The molecule has 2 aliphatic rings. The van der Waals surface area contributed by atoms with Gasteiger partial charge in [0, 0.05) is 57.8 Å². The van der Waals surface area contributed by atoms with Crippen molar-refractivity contribution in [3.05, 3.63) is 47.9 Å². The molecular weight excluding hydrogens is 422 g/mol. The molecule has 3 heterocycles. The summed E-state index contributed by atoms with van der Waals surface area (Å²) in [5.74, 6) is -0.159. The van der Waals surface area contributed by atoms with Crippen LogP contribution in [-0.4, -0.2) is 80.4 Å². The maximum Gasteiger partial charge on any atom is 0.291 e. The standard InChI is InChI=1S/C24H31N5O4/c1-27-12-14-28(15-13-27)20-8-7-18(17-19(20)26-24(32)21-5-3-16-33-21)23(31)25-9-4-11-29-10-2-6-22(29)30/h3,5,7-8,16-17H,2,4,6,9-15H2,1H3,(H,25,31)(H,26,32). The molecule has 9 nitrogen and oxygen atoms in total. The fourth-order valence-corrected chi connectivity index (χ4v) is 4.21. The van der Waals surface area contributed by atoms with Gasteiger partial charge in [0.1, 0.15) is 0 Å². The summed E-state index contributed by atoms with van der Waals surface area (Å²) in [6.45, 7) is 5.46. The third kappa shape index (κ3) is 5.73. The van der Waals surface area contributed by atoms with E-state index in [0.717, 1.165) is 44.8 Å². The number of carbonyl (C=O) groups is 3. The first-order chi connectivity index (χ1) is 16.0. The number of nitrogens with one attached hydrogen (secondary N) is 2. The van der Waals surface area contributed by atoms with Crippen LogP contribution >= 0.6 is 0 Å². The molecule has 2 aliphatic heterocycles. The van der Waals surface area contributed by atoms with E-state index in [4.69, 9.17) is 4.42 Å². The Morgan fingerprint density at radius 3 is 2.58 bits per heavy atom. The van der Waals surface area contributed by atoms with Gasteiger partial charge >= 0.3 is 0 Å². The van der Waals surface area contributed by atoms with E-state index >= 15 is 0 Å². The first-order valence-electron chi connectivity index (χ1n) is 11.5. The summed E-state index contributed by atoms with van der Waals surface area (Å²) in [7, 11) is 2.09. The lowest BCUT2D eigenvalue weighted by Gasteiger charge is -2.35. The highest BCUT2D eigenvalue weighted by molar-refractivity contribution is 6.05. The topological polar surface area (TPSA) is 98.1 Å². The second kappa shape index (κ2) is 10.5. The van der Waals surface area contributed by atoms with Crippen molar-refractivity contribution >= 4 is 29.1 Å². The van der Waals surface area contributed by atoms with Crippen LogP contribution in [0.2, 0.25) is 0 Å². The molecule has 0 unspecified atom stereocenters. The van der Waals surface area contributed by atoms with Crippen molar-refractivity contribution in [2.45, 2.75) is 19.3 Å². The molecule has 1 aromatic heterocycles. The van der Waals surface area contributed by atoms with E-state index in [2.05, 4.69) is 27.5 Å². The number of piperazine rings is 1. The van der Waals surface area contributed by atoms with Gasteiger partial charge in [-0.25, -0.2) is 0 Å². The summed E-state index contributed by atoms with van der Waals surface area (Å²) in [6, 6.07) is 8.66. The number of nitrogens with zero attached hydrogens (tertiary/aromatic N) is 3. The molecule has 9 heteroatoms. The number of hydrogen-bond acceptors (Lipinski definition) is 6. The number of benzene rings is 1. The molecule has 3 amide bonds. The summed E-state index contributed by atoms with van der Waals surface area (Å²) < 4.78 is 5.22. The van der Waals surface area contributed by atoms with Crippen LogP contribution in [0.3, 0.4) is 0 Å². The minimum absolute atomic E-state index is 0.192. The van der Waals surface area contributed by atoms with Gasteiger partial charge in [-0.15, -0.1) is 0 Å². The van der Waals surface area contributed by atoms with Crippen LogP contribution in [0.4, 0.5) is 11.4 Å². The molecule has 2 aromatic rings. The van der Waals surface area contributed by atoms with Crippen LogP contribution in [0.25, 0.3) is 0 Å². The molecule has 0 aliphatic carbocycles. The van der Waals surface area contributed by atoms with Gasteiger partial charge in [-0.1, -0.05) is 0 Å². The second-order valence-corrected chi connectivity index (χ2v) is 8.55. The van der Waals surface area contributed by atoms with E-state index in [-0.39, 0.29) is 23.5 Å². The lowest BCUT2D eigenvalue weighted by atomic mass is 10.1. The molecule has 4 rings (SSSR count). The lowest BCUT2D eigenvalue weighted by molar-refractivity contribution is -0.127. The summed E-state index contributed by atoms with van der Waals surface area (Å²) in [6.07, 6.45) is 3.70. The number of amides is 3. The Morgan fingerprint density at radius 2 is 1.88 bits per heavy atom. The smallest absolute Gasteiger partial charge is 0.291 e. The average Bonchev–Trinajstić information content (AvgIpc) is 3.49. The molecule has 2 N–H and O–H groups in total. The number of hydrogen-bond donors (Lipinski definition) is 2. The van der Waals surface area contributed by atoms with Crippen molar-refractivity contribution in [1.29, 1.82) is 0 Å². The van der Waals surface area contributed by atoms with Gasteiger partial charge < -0.3 is 29.8 Å². The molecule has 0 saturated carbocycles. The van der Waals surface area contributed by atoms with Gasteiger partial charge in [0.25, 0.3) is 11.8 Å². The Hall–Kier alpha value is -3.33. The minimum Gasteiger partial charge on any atom is -0.459 e. The first-order valence-corrected chi connectivity index (χ1v) is 11.5. The van der Waals surface area contributed by atoms with Crippen LogP contribution in [0.1, 0.15) is 40.2 Å². The largest absolute Gasteiger partial charge is 0.459 e. The summed E-state index contributed by atoms with van der Waals surface area (Å²) in [5.41, 5.74) is 1.93. The van der Waals surface area contributed by atoms with E-state index in [1.165, 1.54) is 6.26 Å². The number of anilines is 2. The highest BCUT2D eigenvalue weighted by Crippen LogP contribution is 2.29. The van der Waals surface area contributed by atoms with Crippen molar-refractivity contribution in [3.8, 4) is 0 Å². The highest BCUT2D eigenvalue weighted by atomic mass is 16.3. The van der Waals surface area contributed by atoms with E-state index < -0.39 is 0 Å². The zero-order valence-corrected chi connectivity index (χ0v) is 19.0. The predicted molar refractivity (Wildman–Crippen MR) is 126 cm³/mol. The van der Waals surface area contributed by atoms with Crippen molar-refractivity contribution in [2.75, 3.05) is 63.1 Å². The van der Waals surface area contributed by atoms with Crippen LogP contribution in [0, 0.1) is 0 Å². The van der Waals surface area contributed by atoms with E-state index in [1.54, 1.807) is 24.3 Å². The zero-order valence-electron chi connectivity index (χ0n) is 19.0. The molecule has 0 spiro atoms. The van der Waals surface area contributed by atoms with Crippen molar-refractivity contribution in [1.82, 2.24) is 15.1 Å². The highest BCUT2D eigenvalue weighted by Gasteiger charge is 2.21. The maximum absolute atomic E-state index is 12.8. The van der Waals surface area contributed by atoms with Crippen LogP contribution in [0.15, 0.2) is 41.0 Å². The number of furan rings is 1. The molecule has 176 valence electrons. The number of rotatable bonds is 8. The number of likely N-dealkylation sites (N-methyl/N-ethyl adjacent to an activating group) is 1. The van der Waals surface area contributed by atoms with Crippen LogP contribution < -0.4 is 15.5 Å². The first kappa shape index (κ1) is 22.8. The van der Waals surface area contributed by atoms with Crippen molar-refractivity contribution < 1.29 is 18.8 Å². The van der Waals surface area contributed by atoms with Gasteiger partial charge in [-0.3, -0.25) is 14.4 Å². The van der Waals surface area contributed by atoms with Gasteiger partial charge in [0.2, 0.25) is 5.91 Å². The van der Waals surface area contributed by atoms with E-state index in [1.807, 2.05) is 11.0 Å². The van der Waals surface area contributed by atoms with Gasteiger partial charge in [0.05, 0.1) is 17.6 Å². The predicted octanol–water partition coefficient (Wildman–Crippen LogP) is 2.03. The number of carbonyl (C=O) groups excluding carboxylic acids is 3. The molecule has 0 radical (unpaired) electrons. The van der Waals surface area contributed by atoms with Gasteiger partial charge in [-0.2, -0.15) is 0 Å². The summed E-state index contributed by atoms with van der Waals surface area (Å²) in [5, 5.41) is 5.84. The number of likely N-dealkylation sites (tertiary alicyclic amines) is 1. The molecule has 2 fully saturated rings. The Kier molecular flexibility index (Phi) is 7.29. The molecule has 0 bridgehead atoms. The van der Waals surface area contributed by atoms with Crippen LogP contribution in [-0.2, 0) is 4.79 Å². The van der Waals surface area contributed by atoms with Crippen LogP contribution in [0.5, 0.6) is 0 Å². The van der Waals surface area contributed by atoms with E-state index in [9.17, 15) is 14.4 Å². The quantitative estimate of drug-likeness (QED) is 0.594. The monoisotopic (exact) mass is 453 g/mol. The Balaban J connectivity index is 1.43. The third-order valence-corrected chi connectivity index (χ3v) is 6.16. The fourth-order valence-electron chi connectivity index (χ4n) is 4.21. The van der Waals surface area contributed by atoms with Crippen molar-refractivity contribution in [2.24, 2.45) is 0 Å². The minimum atomic E-state index is -0.358.